The summed E-state index contributed by atoms with van der Waals surface area (Å²) < 4.78 is 5.43. The quantitative estimate of drug-likeness (QED) is 0.563. The van der Waals surface area contributed by atoms with Gasteiger partial charge in [0.2, 0.25) is 11.8 Å². The van der Waals surface area contributed by atoms with Gasteiger partial charge >= 0.3 is 6.09 Å². The first kappa shape index (κ1) is 25.7. The highest BCUT2D eigenvalue weighted by molar-refractivity contribution is 5.93. The Labute approximate surface area is 212 Å². The van der Waals surface area contributed by atoms with Crippen LogP contribution in [0.1, 0.15) is 64.9 Å². The van der Waals surface area contributed by atoms with Crippen LogP contribution in [0.25, 0.3) is 10.8 Å². The van der Waals surface area contributed by atoms with E-state index in [4.69, 9.17) is 10.5 Å². The van der Waals surface area contributed by atoms with E-state index in [1.165, 1.54) is 0 Å². The third kappa shape index (κ3) is 6.06. The summed E-state index contributed by atoms with van der Waals surface area (Å²) in [5, 5.41) is 7.62. The van der Waals surface area contributed by atoms with Gasteiger partial charge in [0.15, 0.2) is 0 Å². The Hall–Kier alpha value is -3.36. The molecule has 1 aliphatic carbocycles. The number of fused-ring (bicyclic) bond motifs is 1. The lowest BCUT2D eigenvalue weighted by Crippen LogP contribution is -2.63. The number of likely N-dealkylation sites (tertiary alicyclic amines) is 1. The van der Waals surface area contributed by atoms with E-state index in [2.05, 4.69) is 15.6 Å². The molecule has 36 heavy (non-hydrogen) atoms. The van der Waals surface area contributed by atoms with Crippen molar-refractivity contribution in [2.75, 3.05) is 12.3 Å². The van der Waals surface area contributed by atoms with Crippen LogP contribution in [0, 0.1) is 5.92 Å². The standard InChI is InChI=1S/C27H37N5O4/c1-27(2,3)36-26(35)31-22(18-7-5-4-6-8-18)25(34)32-14-12-21(32)24(33)30-16-17-9-10-20-19(15-17)11-13-29-23(20)28/h9-11,13,15,18,21-22H,4-8,12,14,16H2,1-3H3,(H2,28,29)(H,30,33)(H,31,35)/t21-,22?/m0/s1. The SMILES string of the molecule is CC(C)(C)OC(=O)NC(C(=O)N1CC[C@H]1C(=O)NCc1ccc2c(N)nccc2c1)C1CCCCC1. The Balaban J connectivity index is 1.40. The second-order valence-electron chi connectivity index (χ2n) is 10.8. The van der Waals surface area contributed by atoms with Gasteiger partial charge in [0.05, 0.1) is 0 Å². The molecule has 1 saturated heterocycles. The topological polar surface area (TPSA) is 127 Å². The fourth-order valence-electron chi connectivity index (χ4n) is 5.05. The Bertz CT molecular complexity index is 1120. The number of nitrogen functional groups attached to an aromatic ring is 1. The summed E-state index contributed by atoms with van der Waals surface area (Å²) >= 11 is 0. The van der Waals surface area contributed by atoms with Gasteiger partial charge in [-0.2, -0.15) is 0 Å². The third-order valence-electron chi connectivity index (χ3n) is 6.99. The number of ether oxygens (including phenoxy) is 1. The van der Waals surface area contributed by atoms with Crippen molar-refractivity contribution in [2.24, 2.45) is 5.92 Å². The summed E-state index contributed by atoms with van der Waals surface area (Å²) in [7, 11) is 0. The molecular weight excluding hydrogens is 458 g/mol. The summed E-state index contributed by atoms with van der Waals surface area (Å²) in [5.41, 5.74) is 6.20. The number of amides is 3. The summed E-state index contributed by atoms with van der Waals surface area (Å²) in [4.78, 5) is 44.8. The van der Waals surface area contributed by atoms with Crippen molar-refractivity contribution in [2.45, 2.75) is 83.5 Å². The maximum atomic E-state index is 13.6. The number of hydrogen-bond donors (Lipinski definition) is 3. The van der Waals surface area contributed by atoms with Crippen molar-refractivity contribution in [3.63, 3.8) is 0 Å². The second kappa shape index (κ2) is 10.7. The van der Waals surface area contributed by atoms with Crippen LogP contribution < -0.4 is 16.4 Å². The van der Waals surface area contributed by atoms with Crippen LogP contribution in [0.5, 0.6) is 0 Å². The number of anilines is 1. The maximum Gasteiger partial charge on any atom is 0.408 e. The van der Waals surface area contributed by atoms with E-state index in [0.717, 1.165) is 48.4 Å². The van der Waals surface area contributed by atoms with Gasteiger partial charge in [-0.1, -0.05) is 31.4 Å². The monoisotopic (exact) mass is 495 g/mol. The van der Waals surface area contributed by atoms with Gasteiger partial charge in [0.25, 0.3) is 0 Å². The molecule has 9 nitrogen and oxygen atoms in total. The van der Waals surface area contributed by atoms with Crippen molar-refractivity contribution in [1.29, 1.82) is 0 Å². The first-order valence-electron chi connectivity index (χ1n) is 12.8. The molecule has 194 valence electrons. The van der Waals surface area contributed by atoms with Crippen molar-refractivity contribution >= 4 is 34.5 Å². The number of nitrogens with zero attached hydrogens (tertiary/aromatic N) is 2. The number of alkyl carbamates (subject to hydrolysis) is 1. The molecule has 9 heteroatoms. The van der Waals surface area contributed by atoms with E-state index < -0.39 is 23.8 Å². The molecule has 4 rings (SSSR count). The lowest BCUT2D eigenvalue weighted by atomic mass is 9.82. The van der Waals surface area contributed by atoms with Gasteiger partial charge in [0, 0.05) is 24.7 Å². The van der Waals surface area contributed by atoms with Gasteiger partial charge < -0.3 is 26.0 Å². The zero-order valence-corrected chi connectivity index (χ0v) is 21.4. The number of hydrogen-bond acceptors (Lipinski definition) is 6. The minimum absolute atomic E-state index is 0.0441. The zero-order valence-electron chi connectivity index (χ0n) is 21.4. The van der Waals surface area contributed by atoms with E-state index in [-0.39, 0.29) is 17.7 Å². The van der Waals surface area contributed by atoms with E-state index in [1.54, 1.807) is 31.9 Å². The summed E-state index contributed by atoms with van der Waals surface area (Å²) in [5.74, 6) is 0.123. The molecular formula is C27H37N5O4. The Morgan fingerprint density at radius 3 is 2.56 bits per heavy atom. The first-order valence-corrected chi connectivity index (χ1v) is 12.8. The average Bonchev–Trinajstić information content (AvgIpc) is 2.80. The van der Waals surface area contributed by atoms with Crippen LogP contribution in [-0.4, -0.2) is 52.0 Å². The molecule has 0 spiro atoms. The molecule has 1 saturated carbocycles. The summed E-state index contributed by atoms with van der Waals surface area (Å²) in [6.07, 6.45) is 6.60. The number of carbonyl (C=O) groups excluding carboxylic acids is 3. The Morgan fingerprint density at radius 2 is 1.89 bits per heavy atom. The van der Waals surface area contributed by atoms with Crippen LogP contribution in [0.2, 0.25) is 0 Å². The van der Waals surface area contributed by atoms with Crippen LogP contribution in [0.15, 0.2) is 30.5 Å². The lowest BCUT2D eigenvalue weighted by Gasteiger charge is -2.43. The van der Waals surface area contributed by atoms with Crippen molar-refractivity contribution in [1.82, 2.24) is 20.5 Å². The number of carbonyl (C=O) groups is 3. The predicted molar refractivity (Wildman–Crippen MR) is 138 cm³/mol. The largest absolute Gasteiger partial charge is 0.444 e. The minimum Gasteiger partial charge on any atom is -0.444 e. The molecule has 2 aliphatic rings. The molecule has 4 N–H and O–H groups in total. The molecule has 2 heterocycles. The smallest absolute Gasteiger partial charge is 0.408 e. The average molecular weight is 496 g/mol. The molecule has 1 unspecified atom stereocenters. The number of rotatable bonds is 6. The van der Waals surface area contributed by atoms with Gasteiger partial charge in [-0.25, -0.2) is 9.78 Å². The molecule has 2 atom stereocenters. The highest BCUT2D eigenvalue weighted by atomic mass is 16.6. The first-order chi connectivity index (χ1) is 17.1. The number of nitrogens with two attached hydrogens (primary N) is 1. The van der Waals surface area contributed by atoms with Gasteiger partial charge in [0.1, 0.15) is 23.5 Å². The molecule has 3 amide bonds. The number of aromatic nitrogens is 1. The second-order valence-corrected chi connectivity index (χ2v) is 10.8. The highest BCUT2D eigenvalue weighted by Crippen LogP contribution is 2.30. The lowest BCUT2D eigenvalue weighted by molar-refractivity contribution is -0.150. The van der Waals surface area contributed by atoms with E-state index in [9.17, 15) is 14.4 Å². The summed E-state index contributed by atoms with van der Waals surface area (Å²) in [6, 6.07) is 6.44. The third-order valence-corrected chi connectivity index (χ3v) is 6.99. The van der Waals surface area contributed by atoms with Crippen LogP contribution in [0.4, 0.5) is 10.6 Å². The Kier molecular flexibility index (Phi) is 7.66. The normalized spacial score (nSPS) is 19.3. The fourth-order valence-corrected chi connectivity index (χ4v) is 5.05. The zero-order chi connectivity index (χ0) is 25.9. The van der Waals surface area contributed by atoms with Crippen molar-refractivity contribution in [3.05, 3.63) is 36.0 Å². The molecule has 1 aromatic carbocycles. The molecule has 2 fully saturated rings. The summed E-state index contributed by atoms with van der Waals surface area (Å²) in [6.45, 7) is 6.22. The minimum atomic E-state index is -0.685. The van der Waals surface area contributed by atoms with Crippen LogP contribution >= 0.6 is 0 Å². The van der Waals surface area contributed by atoms with Crippen LogP contribution in [-0.2, 0) is 20.9 Å². The van der Waals surface area contributed by atoms with E-state index in [1.807, 2.05) is 24.3 Å². The number of nitrogens with one attached hydrogen (secondary N) is 2. The van der Waals surface area contributed by atoms with Gasteiger partial charge in [-0.05, 0) is 69.0 Å². The molecule has 0 bridgehead atoms. The molecule has 1 aromatic heterocycles. The fraction of sp³-hybridized carbons (Fsp3) is 0.556. The van der Waals surface area contributed by atoms with Crippen molar-refractivity contribution in [3.8, 4) is 0 Å². The number of benzene rings is 1. The maximum absolute atomic E-state index is 13.6. The molecule has 0 radical (unpaired) electrons. The molecule has 1 aliphatic heterocycles. The Morgan fingerprint density at radius 1 is 1.14 bits per heavy atom. The van der Waals surface area contributed by atoms with Gasteiger partial charge in [-0.3, -0.25) is 9.59 Å². The van der Waals surface area contributed by atoms with Gasteiger partial charge in [-0.15, -0.1) is 0 Å². The predicted octanol–water partition coefficient (Wildman–Crippen LogP) is 3.51. The molecule has 2 aromatic rings. The van der Waals surface area contributed by atoms with E-state index in [0.29, 0.717) is 25.3 Å². The highest BCUT2D eigenvalue weighted by Gasteiger charge is 2.43. The number of pyridine rings is 1. The van der Waals surface area contributed by atoms with E-state index >= 15 is 0 Å². The van der Waals surface area contributed by atoms with Crippen LogP contribution in [0.3, 0.4) is 0 Å². The van der Waals surface area contributed by atoms with Crippen molar-refractivity contribution < 1.29 is 19.1 Å².